The summed E-state index contributed by atoms with van der Waals surface area (Å²) in [6.45, 7) is 2.54. The number of esters is 1. The highest BCUT2D eigenvalue weighted by molar-refractivity contribution is 5.89. The van der Waals surface area contributed by atoms with Crippen molar-refractivity contribution in [2.75, 3.05) is 34.3 Å². The Morgan fingerprint density at radius 3 is 2.79 bits per heavy atom. The summed E-state index contributed by atoms with van der Waals surface area (Å²) in [6.07, 6.45) is 1.04. The molecular weight excluding hydrogens is 247 g/mol. The van der Waals surface area contributed by atoms with Crippen molar-refractivity contribution in [3.05, 3.63) is 35.1 Å². The van der Waals surface area contributed by atoms with Crippen LogP contribution in [-0.2, 0) is 11.3 Å². The van der Waals surface area contributed by atoms with E-state index in [4.69, 9.17) is 0 Å². The second kappa shape index (κ2) is 7.86. The average Bonchev–Trinajstić information content (AvgIpc) is 2.38. The van der Waals surface area contributed by atoms with E-state index in [9.17, 15) is 9.18 Å². The molecule has 0 spiro atoms. The predicted octanol–water partition coefficient (Wildman–Crippen LogP) is 1.65. The summed E-state index contributed by atoms with van der Waals surface area (Å²) in [5.41, 5.74) is 0.821. The zero-order chi connectivity index (χ0) is 14.3. The predicted molar refractivity (Wildman–Crippen MR) is 72.6 cm³/mol. The van der Waals surface area contributed by atoms with Gasteiger partial charge in [-0.3, -0.25) is 0 Å². The number of hydrogen-bond donors (Lipinski definition) is 1. The fourth-order valence-corrected chi connectivity index (χ4v) is 1.85. The lowest BCUT2D eigenvalue weighted by Crippen LogP contribution is -2.22. The number of methoxy groups -OCH3 is 1. The van der Waals surface area contributed by atoms with Gasteiger partial charge in [0.05, 0.1) is 12.7 Å². The number of carbonyl (C=O) groups is 1. The summed E-state index contributed by atoms with van der Waals surface area (Å²) in [4.78, 5) is 13.4. The molecule has 1 rings (SSSR count). The average molecular weight is 268 g/mol. The van der Waals surface area contributed by atoms with Gasteiger partial charge in [-0.1, -0.05) is 6.07 Å². The fraction of sp³-hybridized carbons (Fsp3) is 0.500. The molecule has 0 fully saturated rings. The number of halogens is 1. The monoisotopic (exact) mass is 268 g/mol. The van der Waals surface area contributed by atoms with Gasteiger partial charge in [-0.25, -0.2) is 9.18 Å². The molecule has 106 valence electrons. The lowest BCUT2D eigenvalue weighted by atomic mass is 10.1. The number of benzene rings is 1. The third-order valence-corrected chi connectivity index (χ3v) is 2.86. The SMILES string of the molecule is CNCCCN(C)Cc1ccc(C(=O)OC)c(F)c1. The van der Waals surface area contributed by atoms with E-state index in [1.165, 1.54) is 19.2 Å². The molecule has 0 aliphatic rings. The Morgan fingerprint density at radius 2 is 2.21 bits per heavy atom. The van der Waals surface area contributed by atoms with Gasteiger partial charge in [0.15, 0.2) is 0 Å². The number of ether oxygens (including phenoxy) is 1. The molecule has 0 atom stereocenters. The van der Waals surface area contributed by atoms with Crippen LogP contribution in [0.5, 0.6) is 0 Å². The Morgan fingerprint density at radius 1 is 1.47 bits per heavy atom. The normalized spacial score (nSPS) is 10.8. The first-order chi connectivity index (χ1) is 9.08. The van der Waals surface area contributed by atoms with Crippen molar-refractivity contribution < 1.29 is 13.9 Å². The summed E-state index contributed by atoms with van der Waals surface area (Å²) < 4.78 is 18.2. The van der Waals surface area contributed by atoms with Crippen molar-refractivity contribution in [2.24, 2.45) is 0 Å². The van der Waals surface area contributed by atoms with Gasteiger partial charge in [-0.05, 0) is 51.3 Å². The van der Waals surface area contributed by atoms with Gasteiger partial charge in [0.25, 0.3) is 0 Å². The first kappa shape index (κ1) is 15.6. The molecule has 0 aliphatic heterocycles. The van der Waals surface area contributed by atoms with Gasteiger partial charge in [0.1, 0.15) is 5.82 Å². The third-order valence-electron chi connectivity index (χ3n) is 2.86. The molecule has 0 unspecified atom stereocenters. The molecule has 4 nitrogen and oxygen atoms in total. The number of nitrogens with one attached hydrogen (secondary N) is 1. The Labute approximate surface area is 113 Å². The molecule has 0 aliphatic carbocycles. The number of hydrogen-bond acceptors (Lipinski definition) is 4. The van der Waals surface area contributed by atoms with Gasteiger partial charge in [-0.2, -0.15) is 0 Å². The van der Waals surface area contributed by atoms with Crippen LogP contribution in [0.3, 0.4) is 0 Å². The number of nitrogens with zero attached hydrogens (tertiary/aromatic N) is 1. The van der Waals surface area contributed by atoms with Crippen LogP contribution in [-0.4, -0.2) is 45.2 Å². The Bertz CT molecular complexity index is 424. The topological polar surface area (TPSA) is 41.6 Å². The molecule has 5 heteroatoms. The summed E-state index contributed by atoms with van der Waals surface area (Å²) in [5.74, 6) is -1.18. The van der Waals surface area contributed by atoms with E-state index in [0.29, 0.717) is 6.54 Å². The van der Waals surface area contributed by atoms with Gasteiger partial charge < -0.3 is 15.0 Å². The van der Waals surface area contributed by atoms with E-state index in [-0.39, 0.29) is 5.56 Å². The van der Waals surface area contributed by atoms with Gasteiger partial charge in [0, 0.05) is 6.54 Å². The van der Waals surface area contributed by atoms with Crippen molar-refractivity contribution >= 4 is 5.97 Å². The van der Waals surface area contributed by atoms with E-state index >= 15 is 0 Å². The van der Waals surface area contributed by atoms with Gasteiger partial charge >= 0.3 is 5.97 Å². The molecule has 1 N–H and O–H groups in total. The minimum absolute atomic E-state index is 0.0240. The molecule has 0 aromatic heterocycles. The minimum Gasteiger partial charge on any atom is -0.465 e. The summed E-state index contributed by atoms with van der Waals surface area (Å²) in [7, 11) is 5.15. The first-order valence-electron chi connectivity index (χ1n) is 6.28. The molecule has 0 bridgehead atoms. The molecule has 0 radical (unpaired) electrons. The maximum Gasteiger partial charge on any atom is 0.340 e. The van der Waals surface area contributed by atoms with Crippen LogP contribution in [0.1, 0.15) is 22.3 Å². The molecule has 1 aromatic carbocycles. The molecule has 0 saturated heterocycles. The number of carbonyl (C=O) groups excluding carboxylic acids is 1. The van der Waals surface area contributed by atoms with Gasteiger partial charge in [0.2, 0.25) is 0 Å². The lowest BCUT2D eigenvalue weighted by molar-refractivity contribution is 0.0595. The van der Waals surface area contributed by atoms with Crippen LogP contribution in [0.15, 0.2) is 18.2 Å². The van der Waals surface area contributed by atoms with E-state index in [2.05, 4.69) is 15.0 Å². The second-order valence-corrected chi connectivity index (χ2v) is 4.50. The summed E-state index contributed by atoms with van der Waals surface area (Å²) in [6, 6.07) is 4.61. The molecule has 0 amide bonds. The first-order valence-corrected chi connectivity index (χ1v) is 6.28. The zero-order valence-electron chi connectivity index (χ0n) is 11.7. The van der Waals surface area contributed by atoms with Crippen LogP contribution in [0.4, 0.5) is 4.39 Å². The van der Waals surface area contributed by atoms with Crippen LogP contribution >= 0.6 is 0 Å². The van der Waals surface area contributed by atoms with Gasteiger partial charge in [-0.15, -0.1) is 0 Å². The van der Waals surface area contributed by atoms with E-state index in [1.54, 1.807) is 6.07 Å². The fourth-order valence-electron chi connectivity index (χ4n) is 1.85. The van der Waals surface area contributed by atoms with Crippen LogP contribution in [0, 0.1) is 5.82 Å². The summed E-state index contributed by atoms with van der Waals surface area (Å²) in [5, 5.41) is 3.08. The van der Waals surface area contributed by atoms with Crippen LogP contribution < -0.4 is 5.32 Å². The molecular formula is C14H21FN2O2. The lowest BCUT2D eigenvalue weighted by Gasteiger charge is -2.16. The largest absolute Gasteiger partial charge is 0.465 e. The summed E-state index contributed by atoms with van der Waals surface area (Å²) >= 11 is 0. The number of rotatable bonds is 7. The van der Waals surface area contributed by atoms with Crippen molar-refractivity contribution in [3.63, 3.8) is 0 Å². The quantitative estimate of drug-likeness (QED) is 0.603. The Hall–Kier alpha value is -1.46. The third kappa shape index (κ3) is 4.96. The Kier molecular flexibility index (Phi) is 6.45. The molecule has 0 heterocycles. The maximum absolute atomic E-state index is 13.7. The molecule has 1 aromatic rings. The van der Waals surface area contributed by atoms with Crippen molar-refractivity contribution in [3.8, 4) is 0 Å². The standard InChI is InChI=1S/C14H21FN2O2/c1-16-7-4-8-17(2)10-11-5-6-12(13(15)9-11)14(18)19-3/h5-6,9,16H,4,7-8,10H2,1-3H3. The molecule has 0 saturated carbocycles. The van der Waals surface area contributed by atoms with E-state index < -0.39 is 11.8 Å². The van der Waals surface area contributed by atoms with Crippen molar-refractivity contribution in [1.29, 1.82) is 0 Å². The molecule has 19 heavy (non-hydrogen) atoms. The smallest absolute Gasteiger partial charge is 0.340 e. The van der Waals surface area contributed by atoms with Crippen molar-refractivity contribution in [1.82, 2.24) is 10.2 Å². The maximum atomic E-state index is 13.7. The highest BCUT2D eigenvalue weighted by atomic mass is 19.1. The van der Waals surface area contributed by atoms with Crippen molar-refractivity contribution in [2.45, 2.75) is 13.0 Å². The highest BCUT2D eigenvalue weighted by Gasteiger charge is 2.12. The highest BCUT2D eigenvalue weighted by Crippen LogP contribution is 2.13. The van der Waals surface area contributed by atoms with E-state index in [1.807, 2.05) is 14.1 Å². The van der Waals surface area contributed by atoms with E-state index in [0.717, 1.165) is 25.1 Å². The zero-order valence-corrected chi connectivity index (χ0v) is 11.7. The second-order valence-electron chi connectivity index (χ2n) is 4.50. The Balaban J connectivity index is 2.60. The van der Waals surface area contributed by atoms with Crippen LogP contribution in [0.25, 0.3) is 0 Å². The minimum atomic E-state index is -0.647. The van der Waals surface area contributed by atoms with Crippen LogP contribution in [0.2, 0.25) is 0 Å².